The maximum atomic E-state index is 11.8. The molecule has 0 saturated carbocycles. The first-order valence-corrected chi connectivity index (χ1v) is 7.53. The van der Waals surface area contributed by atoms with Crippen LogP contribution in [0.5, 0.6) is 0 Å². The van der Waals surface area contributed by atoms with Gasteiger partial charge in [0.2, 0.25) is 0 Å². The molecule has 2 rings (SSSR count). The monoisotopic (exact) mass is 244 g/mol. The van der Waals surface area contributed by atoms with Gasteiger partial charge < -0.3 is 4.52 Å². The Labute approximate surface area is 90.9 Å². The first-order chi connectivity index (χ1) is 7.20. The molecule has 1 amide bonds. The number of rotatable bonds is 2. The van der Waals surface area contributed by atoms with Gasteiger partial charge in [0.1, 0.15) is 0 Å². The van der Waals surface area contributed by atoms with Gasteiger partial charge in [-0.05, 0) is 23.5 Å². The van der Waals surface area contributed by atoms with E-state index < -0.39 is 12.6 Å². The minimum atomic E-state index is -2.99. The molecule has 1 aromatic heterocycles. The molecule has 1 N–H and O–H groups in total. The van der Waals surface area contributed by atoms with Crippen LogP contribution in [0.25, 0.3) is 0 Å². The van der Waals surface area contributed by atoms with Gasteiger partial charge in [-0.25, -0.2) is 0 Å². The molecule has 0 bridgehead atoms. The summed E-state index contributed by atoms with van der Waals surface area (Å²) in [6, 6.07) is 3.12. The zero-order chi connectivity index (χ0) is 10.7. The minimum absolute atomic E-state index is 0.393. The molecule has 0 aliphatic carbocycles. The topological polar surface area (TPSA) is 68.3 Å². The second-order valence-electron chi connectivity index (χ2n) is 2.84. The molecule has 1 saturated heterocycles. The van der Waals surface area contributed by atoms with Gasteiger partial charge in [0.15, 0.2) is 0 Å². The van der Waals surface area contributed by atoms with Crippen molar-refractivity contribution in [1.82, 2.24) is 10.1 Å². The van der Waals surface area contributed by atoms with Gasteiger partial charge in [-0.1, -0.05) is 0 Å². The molecule has 1 aliphatic heterocycles. The molecular formula is C8H9N2O3PS. The maximum absolute atomic E-state index is 11.8. The third-order valence-corrected chi connectivity index (χ3v) is 5.63. The smallest absolute Gasteiger partial charge is 0.305 e. The molecule has 1 aliphatic rings. The number of amides is 1. The van der Waals surface area contributed by atoms with Gasteiger partial charge in [0.05, 0.1) is 6.61 Å². The van der Waals surface area contributed by atoms with Gasteiger partial charge in [-0.15, -0.1) is 0 Å². The molecule has 0 radical (unpaired) electrons. The fourth-order valence-corrected chi connectivity index (χ4v) is 4.38. The van der Waals surface area contributed by atoms with Crippen molar-refractivity contribution < 1.29 is 13.9 Å². The van der Waals surface area contributed by atoms with E-state index >= 15 is 0 Å². The summed E-state index contributed by atoms with van der Waals surface area (Å²) >= 11 is 1.15. The fourth-order valence-electron chi connectivity index (χ4n) is 1.11. The molecule has 0 aromatic carbocycles. The summed E-state index contributed by atoms with van der Waals surface area (Å²) < 4.78 is 16.8. The van der Waals surface area contributed by atoms with Gasteiger partial charge >= 0.3 is 6.72 Å². The summed E-state index contributed by atoms with van der Waals surface area (Å²) in [6.45, 7) is -2.58. The molecule has 2 heterocycles. The van der Waals surface area contributed by atoms with E-state index in [1.807, 2.05) is 0 Å². The van der Waals surface area contributed by atoms with Crippen LogP contribution in [-0.2, 0) is 9.09 Å². The van der Waals surface area contributed by atoms with Crippen LogP contribution in [0, 0.1) is 0 Å². The normalized spacial score (nSPS) is 25.1. The predicted molar refractivity (Wildman–Crippen MR) is 57.7 cm³/mol. The van der Waals surface area contributed by atoms with Crippen LogP contribution in [0.15, 0.2) is 24.5 Å². The number of hydrogen-bond acceptors (Lipinski definition) is 5. The minimum Gasteiger partial charge on any atom is -0.305 e. The lowest BCUT2D eigenvalue weighted by Crippen LogP contribution is -2.18. The van der Waals surface area contributed by atoms with Crippen LogP contribution in [0.1, 0.15) is 10.4 Å². The Hall–Kier alpha value is -0.840. The molecule has 1 fully saturated rings. The molecule has 1 aromatic rings. The number of carbonyl (C=O) groups excluding carboxylic acids is 1. The average Bonchev–Trinajstić information content (AvgIpc) is 2.66. The Morgan fingerprint density at radius 1 is 1.53 bits per heavy atom. The maximum Gasteiger partial charge on any atom is 0.353 e. The molecule has 1 unspecified atom stereocenters. The Balaban J connectivity index is 2.07. The number of carbonyl (C=O) groups is 1. The lowest BCUT2D eigenvalue weighted by molar-refractivity contribution is 0.0977. The zero-order valence-electron chi connectivity index (χ0n) is 7.75. The summed E-state index contributed by atoms with van der Waals surface area (Å²) in [6.07, 6.45) is 3.01. The zero-order valence-corrected chi connectivity index (χ0v) is 9.46. The number of pyridine rings is 1. The van der Waals surface area contributed by atoms with E-state index in [0.29, 0.717) is 17.9 Å². The second-order valence-corrected chi connectivity index (χ2v) is 7.20. The van der Waals surface area contributed by atoms with Crippen LogP contribution in [-0.4, -0.2) is 23.3 Å². The fraction of sp³-hybridized carbons (Fsp3) is 0.250. The van der Waals surface area contributed by atoms with E-state index in [2.05, 4.69) is 10.1 Å². The Morgan fingerprint density at radius 2 is 2.27 bits per heavy atom. The Kier molecular flexibility index (Phi) is 3.09. The van der Waals surface area contributed by atoms with Crippen LogP contribution in [0.2, 0.25) is 0 Å². The second kappa shape index (κ2) is 4.35. The Morgan fingerprint density at radius 3 is 2.87 bits per heavy atom. The van der Waals surface area contributed by atoms with Gasteiger partial charge in [-0.3, -0.25) is 19.4 Å². The molecule has 5 nitrogen and oxygen atoms in total. The highest BCUT2D eigenvalue weighted by Gasteiger charge is 2.31. The van der Waals surface area contributed by atoms with Crippen LogP contribution < -0.4 is 5.09 Å². The lowest BCUT2D eigenvalue weighted by Gasteiger charge is -2.10. The van der Waals surface area contributed by atoms with Crippen molar-refractivity contribution in [2.45, 2.75) is 0 Å². The Bertz CT molecular complexity index is 402. The van der Waals surface area contributed by atoms with Crippen molar-refractivity contribution in [1.29, 1.82) is 0 Å². The van der Waals surface area contributed by atoms with Crippen LogP contribution in [0.4, 0.5) is 0 Å². The first kappa shape index (κ1) is 10.7. The largest absolute Gasteiger partial charge is 0.353 e. The number of nitrogens with one attached hydrogen (secondary N) is 1. The SMILES string of the molecule is O=C(NP1(=O)OCCS1)c1ccncc1. The van der Waals surface area contributed by atoms with E-state index in [1.54, 1.807) is 12.1 Å². The summed E-state index contributed by atoms with van der Waals surface area (Å²) in [5, 5.41) is 2.40. The standard InChI is InChI=1S/C8H9N2O3PS/c11-8(7-1-3-9-4-2-7)10-14(12)13-5-6-15-14/h1-4H,5-6H2,(H,10,11,12). The predicted octanol–water partition coefficient (Wildman–Crippen LogP) is 1.68. The quantitative estimate of drug-likeness (QED) is 0.801. The molecule has 15 heavy (non-hydrogen) atoms. The van der Waals surface area contributed by atoms with Gasteiger partial charge in [0.25, 0.3) is 5.91 Å². The van der Waals surface area contributed by atoms with Crippen molar-refractivity contribution in [3.63, 3.8) is 0 Å². The summed E-state index contributed by atoms with van der Waals surface area (Å²) in [5.41, 5.74) is 0.427. The van der Waals surface area contributed by atoms with E-state index in [1.165, 1.54) is 12.4 Å². The molecule has 1 atom stereocenters. The van der Waals surface area contributed by atoms with Crippen LogP contribution >= 0.6 is 18.1 Å². The number of nitrogens with zero attached hydrogens (tertiary/aromatic N) is 1. The van der Waals surface area contributed by atoms with Crippen molar-refractivity contribution in [2.75, 3.05) is 12.4 Å². The van der Waals surface area contributed by atoms with Crippen molar-refractivity contribution >= 4 is 24.0 Å². The average molecular weight is 244 g/mol. The molecular weight excluding hydrogens is 235 g/mol. The summed E-state index contributed by atoms with van der Waals surface area (Å²) in [7, 11) is 0. The molecule has 80 valence electrons. The number of hydrogen-bond donors (Lipinski definition) is 1. The molecule has 0 spiro atoms. The number of aromatic nitrogens is 1. The third-order valence-electron chi connectivity index (χ3n) is 1.79. The van der Waals surface area contributed by atoms with Gasteiger partial charge in [0, 0.05) is 23.7 Å². The van der Waals surface area contributed by atoms with E-state index in [9.17, 15) is 9.36 Å². The third kappa shape index (κ3) is 2.59. The van der Waals surface area contributed by atoms with E-state index in [-0.39, 0.29) is 0 Å². The van der Waals surface area contributed by atoms with E-state index in [0.717, 1.165) is 11.4 Å². The van der Waals surface area contributed by atoms with Gasteiger partial charge in [-0.2, -0.15) is 0 Å². The lowest BCUT2D eigenvalue weighted by atomic mass is 10.3. The highest BCUT2D eigenvalue weighted by atomic mass is 32.7. The summed E-state index contributed by atoms with van der Waals surface area (Å²) in [4.78, 5) is 15.4. The highest BCUT2D eigenvalue weighted by Crippen LogP contribution is 2.59. The summed E-state index contributed by atoms with van der Waals surface area (Å²) in [5.74, 6) is 0.253. The van der Waals surface area contributed by atoms with Crippen LogP contribution in [0.3, 0.4) is 0 Å². The van der Waals surface area contributed by atoms with Crippen molar-refractivity contribution in [3.05, 3.63) is 30.1 Å². The molecule has 7 heteroatoms. The first-order valence-electron chi connectivity index (χ1n) is 4.31. The van der Waals surface area contributed by atoms with Crippen molar-refractivity contribution in [3.8, 4) is 0 Å². The van der Waals surface area contributed by atoms with E-state index in [4.69, 9.17) is 4.52 Å². The highest BCUT2D eigenvalue weighted by molar-refractivity contribution is 8.56. The van der Waals surface area contributed by atoms with Crippen molar-refractivity contribution in [2.24, 2.45) is 0 Å².